The van der Waals surface area contributed by atoms with Gasteiger partial charge in [-0.05, 0) is 177 Å². The van der Waals surface area contributed by atoms with E-state index in [0.717, 1.165) is 54.4 Å². The molecule has 6 nitrogen and oxygen atoms in total. The molecule has 4 aliphatic heterocycles. The van der Waals surface area contributed by atoms with Crippen molar-refractivity contribution in [3.05, 3.63) is 190 Å². The monoisotopic (exact) mass is 1080 g/mol. The third-order valence-corrected chi connectivity index (χ3v) is 24.9. The molecule has 4 unspecified atom stereocenters. The number of aryl methyl sites for hydroxylation is 2. The molecule has 8 aromatic rings. The minimum Gasteiger partial charge on any atom is -0.318 e. The molecule has 5 heterocycles. The Hall–Kier alpha value is -7.18. The quantitative estimate of drug-likeness (QED) is 0.171. The van der Waals surface area contributed by atoms with E-state index in [2.05, 4.69) is 276 Å². The number of fused-ring (bicyclic) bond motifs is 19. The molecule has 1 aromatic heterocycles. The van der Waals surface area contributed by atoms with Crippen molar-refractivity contribution in [3.8, 4) is 33.4 Å². The molecule has 0 radical (unpaired) electrons. The van der Waals surface area contributed by atoms with Crippen LogP contribution in [0.2, 0.25) is 0 Å². The van der Waals surface area contributed by atoms with Crippen LogP contribution in [0.15, 0.2) is 146 Å². The third-order valence-electron chi connectivity index (χ3n) is 24.9. The lowest BCUT2D eigenvalue weighted by molar-refractivity contribution is 0.0479. The standard InChI is InChI=1S/C76H82N6/c1-17-75-44-62-79(51-26-21-19-22-27-51)60-41-55-56(70(7,8)73(13,14)69(55,5)6)42-61(60)81(62)59-35-33-48(40-57(59)75)54-31-25-30-53(63(54)49-37-45(3)36-46(4)38-49)47-32-34-58-50(39-47)43-76(75,18-2)68-80(52-28-23-20-24-29-52)66-67(82(58)68)78-65-64(77-66)71(9,10)74(15,16)72(65,11)12/h19-42,62,68H,17-18,43-44H2,1-16H3. The molecule has 0 saturated heterocycles. The SMILES string of the molecule is CCC12CC3N(c4ccccc4)c4cc5c(cc4N3c3ccc(cc31)-c1cccc(c1-c1cc(C)cc(C)c1)-c1ccc3c(c1)CC2(CC)C1N(c2ccccc2)c2nc4c(nc2N31)C(C)(C)C(C)(C)C4(C)C)C(C)(C)C(C)(C)C5(C)C. The van der Waals surface area contributed by atoms with Crippen molar-refractivity contribution in [1.82, 2.24) is 9.97 Å². The van der Waals surface area contributed by atoms with E-state index in [0.29, 0.717) is 0 Å². The van der Waals surface area contributed by atoms with E-state index in [-0.39, 0.29) is 44.8 Å². The Kier molecular flexibility index (Phi) is 10.3. The number of nitrogens with zero attached hydrogens (tertiary/aromatic N) is 6. The summed E-state index contributed by atoms with van der Waals surface area (Å²) in [4.78, 5) is 23.2. The van der Waals surface area contributed by atoms with E-state index in [1.165, 1.54) is 95.2 Å². The molecule has 416 valence electrons. The Labute approximate surface area is 488 Å². The van der Waals surface area contributed by atoms with Crippen molar-refractivity contribution in [2.75, 3.05) is 19.6 Å². The van der Waals surface area contributed by atoms with Crippen LogP contribution in [0.3, 0.4) is 0 Å². The van der Waals surface area contributed by atoms with Gasteiger partial charge in [0.25, 0.3) is 0 Å². The van der Waals surface area contributed by atoms with Crippen LogP contribution in [-0.2, 0) is 33.5 Å². The predicted molar refractivity (Wildman–Crippen MR) is 342 cm³/mol. The molecule has 3 aliphatic carbocycles. The number of anilines is 8. The first-order valence-corrected chi connectivity index (χ1v) is 30.8. The predicted octanol–water partition coefficient (Wildman–Crippen LogP) is 19.5. The Bertz CT molecular complexity index is 4030. The molecule has 7 bridgehead atoms. The van der Waals surface area contributed by atoms with Crippen LogP contribution >= 0.6 is 0 Å². The van der Waals surface area contributed by atoms with Gasteiger partial charge in [0.05, 0.1) is 22.8 Å². The first kappa shape index (κ1) is 51.7. The second kappa shape index (κ2) is 16.3. The molecule has 0 fully saturated rings. The topological polar surface area (TPSA) is 38.7 Å². The molecule has 15 rings (SSSR count). The molecule has 7 aliphatic rings. The summed E-state index contributed by atoms with van der Waals surface area (Å²) in [6.45, 7) is 39.1. The van der Waals surface area contributed by atoms with Crippen molar-refractivity contribution in [2.24, 2.45) is 16.2 Å². The summed E-state index contributed by atoms with van der Waals surface area (Å²) in [5.74, 6) is 1.95. The number of benzene rings is 7. The Morgan fingerprint density at radius 3 is 1.51 bits per heavy atom. The molecule has 7 aromatic carbocycles. The van der Waals surface area contributed by atoms with E-state index >= 15 is 0 Å². The van der Waals surface area contributed by atoms with Crippen LogP contribution in [0.1, 0.15) is 161 Å². The highest BCUT2D eigenvalue weighted by Gasteiger charge is 2.68. The van der Waals surface area contributed by atoms with Crippen molar-refractivity contribution in [2.45, 2.75) is 176 Å². The maximum absolute atomic E-state index is 6.13. The molecule has 0 spiro atoms. The first-order chi connectivity index (χ1) is 38.9. The molecule has 4 atom stereocenters. The minimum atomic E-state index is -0.421. The summed E-state index contributed by atoms with van der Waals surface area (Å²) in [6.07, 6.45) is 3.43. The lowest BCUT2D eigenvalue weighted by atomic mass is 9.49. The lowest BCUT2D eigenvalue weighted by Gasteiger charge is -2.63. The number of hydrogen-bond acceptors (Lipinski definition) is 6. The van der Waals surface area contributed by atoms with E-state index in [4.69, 9.17) is 9.97 Å². The van der Waals surface area contributed by atoms with Crippen molar-refractivity contribution in [3.63, 3.8) is 0 Å². The van der Waals surface area contributed by atoms with Gasteiger partial charge < -0.3 is 19.6 Å². The van der Waals surface area contributed by atoms with Gasteiger partial charge in [0.15, 0.2) is 11.6 Å². The zero-order chi connectivity index (χ0) is 57.4. The maximum Gasteiger partial charge on any atom is 0.179 e. The Morgan fingerprint density at radius 2 is 0.951 bits per heavy atom. The summed E-state index contributed by atoms with van der Waals surface area (Å²) in [6, 6.07) is 57.4. The smallest absolute Gasteiger partial charge is 0.179 e. The van der Waals surface area contributed by atoms with Gasteiger partial charge in [-0.3, -0.25) is 0 Å². The third kappa shape index (κ3) is 6.02. The van der Waals surface area contributed by atoms with Crippen molar-refractivity contribution < 1.29 is 0 Å². The summed E-state index contributed by atoms with van der Waals surface area (Å²) in [7, 11) is 0. The molecule has 0 N–H and O–H groups in total. The average Bonchev–Trinajstić information content (AvgIpc) is 1.51. The Morgan fingerprint density at radius 1 is 0.439 bits per heavy atom. The van der Waals surface area contributed by atoms with E-state index in [9.17, 15) is 0 Å². The zero-order valence-electron chi connectivity index (χ0n) is 51.5. The number of hydrogen-bond donors (Lipinski definition) is 0. The highest BCUT2D eigenvalue weighted by Crippen LogP contribution is 2.72. The second-order valence-electron chi connectivity index (χ2n) is 29.2. The summed E-state index contributed by atoms with van der Waals surface area (Å²) >= 11 is 0. The molecule has 82 heavy (non-hydrogen) atoms. The fraction of sp³-hybridized carbons (Fsp3) is 0.395. The minimum absolute atomic E-state index is 0.0130. The number of para-hydroxylation sites is 2. The fourth-order valence-corrected chi connectivity index (χ4v) is 18.1. The largest absolute Gasteiger partial charge is 0.318 e. The maximum atomic E-state index is 6.13. The summed E-state index contributed by atoms with van der Waals surface area (Å²) < 4.78 is 0. The molecular formula is C76H82N6. The van der Waals surface area contributed by atoms with Gasteiger partial charge >= 0.3 is 0 Å². The van der Waals surface area contributed by atoms with Gasteiger partial charge in [-0.15, -0.1) is 0 Å². The molecule has 0 saturated carbocycles. The second-order valence-corrected chi connectivity index (χ2v) is 29.2. The van der Waals surface area contributed by atoms with Gasteiger partial charge in [-0.1, -0.05) is 193 Å². The van der Waals surface area contributed by atoms with E-state index in [1.807, 2.05) is 0 Å². The van der Waals surface area contributed by atoms with Crippen LogP contribution in [0.25, 0.3) is 33.4 Å². The highest BCUT2D eigenvalue weighted by atomic mass is 15.5. The summed E-state index contributed by atoms with van der Waals surface area (Å²) in [5.41, 5.74) is 24.2. The number of rotatable bonds is 5. The van der Waals surface area contributed by atoms with Crippen LogP contribution in [0, 0.1) is 30.1 Å². The molecule has 0 amide bonds. The number of aromatic nitrogens is 2. The van der Waals surface area contributed by atoms with Gasteiger partial charge in [-0.25, -0.2) is 9.97 Å². The van der Waals surface area contributed by atoms with Gasteiger partial charge in [0.1, 0.15) is 12.3 Å². The van der Waals surface area contributed by atoms with Gasteiger partial charge in [-0.2, -0.15) is 0 Å². The molecule has 6 heteroatoms. The zero-order valence-corrected chi connectivity index (χ0v) is 51.5. The van der Waals surface area contributed by atoms with Crippen LogP contribution < -0.4 is 19.6 Å². The van der Waals surface area contributed by atoms with E-state index < -0.39 is 10.8 Å². The van der Waals surface area contributed by atoms with Crippen molar-refractivity contribution >= 4 is 45.8 Å². The van der Waals surface area contributed by atoms with Crippen LogP contribution in [-0.4, -0.2) is 22.3 Å². The van der Waals surface area contributed by atoms with Crippen LogP contribution in [0.4, 0.5) is 45.8 Å². The summed E-state index contributed by atoms with van der Waals surface area (Å²) in [5, 5.41) is 0. The normalized spacial score (nSPS) is 24.9. The lowest BCUT2D eigenvalue weighted by Crippen LogP contribution is -2.66. The Balaban J connectivity index is 1.09. The molecular weight excluding hydrogens is 997 g/mol. The van der Waals surface area contributed by atoms with Crippen molar-refractivity contribution in [1.29, 1.82) is 0 Å². The van der Waals surface area contributed by atoms with Gasteiger partial charge in [0, 0.05) is 44.4 Å². The van der Waals surface area contributed by atoms with Crippen LogP contribution in [0.5, 0.6) is 0 Å². The van der Waals surface area contributed by atoms with E-state index in [1.54, 1.807) is 0 Å². The fourth-order valence-electron chi connectivity index (χ4n) is 18.1. The highest BCUT2D eigenvalue weighted by molar-refractivity contribution is 5.99. The van der Waals surface area contributed by atoms with Gasteiger partial charge in [0.2, 0.25) is 0 Å². The first-order valence-electron chi connectivity index (χ1n) is 30.8. The average molecular weight is 1080 g/mol.